The zero-order valence-electron chi connectivity index (χ0n) is 17.6. The van der Waals surface area contributed by atoms with Crippen molar-refractivity contribution >= 4 is 46.1 Å². The Morgan fingerprint density at radius 1 is 0.909 bits per heavy atom. The Hall–Kier alpha value is -3.38. The van der Waals surface area contributed by atoms with Crippen molar-refractivity contribution in [1.29, 1.82) is 0 Å². The third kappa shape index (κ3) is 5.71. The number of nitrogens with one attached hydrogen (secondary N) is 2. The van der Waals surface area contributed by atoms with E-state index < -0.39 is 5.91 Å². The van der Waals surface area contributed by atoms with Gasteiger partial charge in [0.2, 0.25) is 0 Å². The van der Waals surface area contributed by atoms with Crippen molar-refractivity contribution in [3.63, 3.8) is 0 Å². The number of benzene rings is 4. The molecule has 0 heterocycles. The molecule has 4 rings (SSSR count). The Bertz CT molecular complexity index is 1320. The third-order valence-electron chi connectivity index (χ3n) is 5.18. The van der Waals surface area contributed by atoms with Crippen LogP contribution >= 0.6 is 23.2 Å². The summed E-state index contributed by atoms with van der Waals surface area (Å²) < 4.78 is 0. The SMILES string of the molecule is O=C(N/N=C/c1cccc2c(CNCc3ccc(Cl)cc3)cccc12)c1ccc(O)c(Cl)c1. The number of rotatable bonds is 7. The molecule has 33 heavy (non-hydrogen) atoms. The molecule has 0 spiro atoms. The maximum Gasteiger partial charge on any atom is 0.271 e. The molecule has 0 fully saturated rings. The van der Waals surface area contributed by atoms with Gasteiger partial charge in [-0.3, -0.25) is 4.79 Å². The minimum Gasteiger partial charge on any atom is -0.506 e. The predicted molar refractivity (Wildman–Crippen MR) is 134 cm³/mol. The number of hydrogen-bond acceptors (Lipinski definition) is 4. The van der Waals surface area contributed by atoms with Gasteiger partial charge in [-0.05, 0) is 52.2 Å². The van der Waals surface area contributed by atoms with Crippen molar-refractivity contribution in [1.82, 2.24) is 10.7 Å². The average Bonchev–Trinajstić information content (AvgIpc) is 2.82. The first kappa shape index (κ1) is 22.8. The van der Waals surface area contributed by atoms with E-state index in [4.69, 9.17) is 23.2 Å². The Morgan fingerprint density at radius 2 is 1.67 bits per heavy atom. The van der Waals surface area contributed by atoms with E-state index in [0.29, 0.717) is 12.1 Å². The molecule has 7 heteroatoms. The number of fused-ring (bicyclic) bond motifs is 1. The molecule has 4 aromatic carbocycles. The Kier molecular flexibility index (Phi) is 7.25. The minimum absolute atomic E-state index is 0.0778. The van der Waals surface area contributed by atoms with Gasteiger partial charge < -0.3 is 10.4 Å². The second-order valence-electron chi connectivity index (χ2n) is 7.45. The van der Waals surface area contributed by atoms with E-state index in [1.165, 1.54) is 23.8 Å². The molecule has 0 aliphatic heterocycles. The van der Waals surface area contributed by atoms with Crippen molar-refractivity contribution < 1.29 is 9.90 Å². The molecule has 0 unspecified atom stereocenters. The molecule has 0 aliphatic carbocycles. The molecule has 5 nitrogen and oxygen atoms in total. The van der Waals surface area contributed by atoms with Crippen molar-refractivity contribution in [3.8, 4) is 5.75 Å². The van der Waals surface area contributed by atoms with Crippen LogP contribution in [0.2, 0.25) is 10.0 Å². The molecule has 0 radical (unpaired) electrons. The zero-order valence-corrected chi connectivity index (χ0v) is 19.1. The van der Waals surface area contributed by atoms with Crippen LogP contribution in [0, 0.1) is 0 Å². The van der Waals surface area contributed by atoms with Gasteiger partial charge in [-0.2, -0.15) is 5.10 Å². The number of aromatic hydroxyl groups is 1. The lowest BCUT2D eigenvalue weighted by molar-refractivity contribution is 0.0955. The number of nitrogens with zero attached hydrogens (tertiary/aromatic N) is 1. The molecule has 0 saturated heterocycles. The molecule has 4 aromatic rings. The van der Waals surface area contributed by atoms with Crippen molar-refractivity contribution in [2.75, 3.05) is 0 Å². The third-order valence-corrected chi connectivity index (χ3v) is 5.74. The number of amides is 1. The molecule has 0 saturated carbocycles. The fraction of sp³-hybridized carbons (Fsp3) is 0.0769. The highest BCUT2D eigenvalue weighted by atomic mass is 35.5. The number of carbonyl (C=O) groups excluding carboxylic acids is 1. The molecule has 0 aromatic heterocycles. The monoisotopic (exact) mass is 477 g/mol. The van der Waals surface area contributed by atoms with Crippen molar-refractivity contribution in [2.45, 2.75) is 13.1 Å². The first-order valence-electron chi connectivity index (χ1n) is 10.3. The van der Waals surface area contributed by atoms with Crippen LogP contribution in [0.1, 0.15) is 27.0 Å². The number of hydrogen-bond donors (Lipinski definition) is 3. The van der Waals surface area contributed by atoms with E-state index in [2.05, 4.69) is 28.0 Å². The molecule has 0 bridgehead atoms. The quantitative estimate of drug-likeness (QED) is 0.229. The van der Waals surface area contributed by atoms with Crippen LogP contribution in [0.4, 0.5) is 0 Å². The van der Waals surface area contributed by atoms with Gasteiger partial charge in [-0.25, -0.2) is 5.43 Å². The summed E-state index contributed by atoms with van der Waals surface area (Å²) >= 11 is 11.8. The summed E-state index contributed by atoms with van der Waals surface area (Å²) in [6.45, 7) is 1.45. The van der Waals surface area contributed by atoms with Gasteiger partial charge in [-0.15, -0.1) is 0 Å². The van der Waals surface area contributed by atoms with Crippen LogP contribution < -0.4 is 10.7 Å². The van der Waals surface area contributed by atoms with Gasteiger partial charge in [0, 0.05) is 29.2 Å². The largest absolute Gasteiger partial charge is 0.506 e. The van der Waals surface area contributed by atoms with Crippen molar-refractivity contribution in [3.05, 3.63) is 111 Å². The summed E-state index contributed by atoms with van der Waals surface area (Å²) in [5.41, 5.74) is 6.02. The summed E-state index contributed by atoms with van der Waals surface area (Å²) in [5, 5.41) is 20.1. The number of hydrazone groups is 1. The smallest absolute Gasteiger partial charge is 0.271 e. The number of halogens is 2. The fourth-order valence-electron chi connectivity index (χ4n) is 3.48. The lowest BCUT2D eigenvalue weighted by atomic mass is 10.0. The molecule has 0 aliphatic rings. The highest BCUT2D eigenvalue weighted by Gasteiger charge is 2.08. The highest BCUT2D eigenvalue weighted by molar-refractivity contribution is 6.32. The Morgan fingerprint density at radius 3 is 2.45 bits per heavy atom. The molecular formula is C26H21Cl2N3O2. The summed E-state index contributed by atoms with van der Waals surface area (Å²) in [5.74, 6) is -0.494. The van der Waals surface area contributed by atoms with Gasteiger partial charge >= 0.3 is 0 Å². The first-order chi connectivity index (χ1) is 16.0. The van der Waals surface area contributed by atoms with E-state index in [1.54, 1.807) is 6.21 Å². The molecule has 3 N–H and O–H groups in total. The Balaban J connectivity index is 1.45. The van der Waals surface area contributed by atoms with E-state index in [0.717, 1.165) is 33.5 Å². The van der Waals surface area contributed by atoms with Crippen LogP contribution in [-0.2, 0) is 13.1 Å². The summed E-state index contributed by atoms with van der Waals surface area (Å²) in [4.78, 5) is 12.3. The minimum atomic E-state index is -0.416. The second-order valence-corrected chi connectivity index (χ2v) is 8.30. The zero-order chi connectivity index (χ0) is 23.2. The van der Waals surface area contributed by atoms with Crippen LogP contribution in [0.3, 0.4) is 0 Å². The average molecular weight is 478 g/mol. The van der Waals surface area contributed by atoms with Crippen LogP contribution in [0.15, 0.2) is 84.0 Å². The second kappa shape index (κ2) is 10.5. The maximum atomic E-state index is 12.3. The normalized spacial score (nSPS) is 11.2. The van der Waals surface area contributed by atoms with Crippen LogP contribution in [0.25, 0.3) is 10.8 Å². The maximum absolute atomic E-state index is 12.3. The van der Waals surface area contributed by atoms with E-state index in [-0.39, 0.29) is 10.8 Å². The predicted octanol–water partition coefficient (Wildman–Crippen LogP) is 5.91. The first-order valence-corrected chi connectivity index (χ1v) is 11.0. The molecule has 166 valence electrons. The van der Waals surface area contributed by atoms with Crippen molar-refractivity contribution in [2.24, 2.45) is 5.10 Å². The molecule has 1 amide bonds. The number of phenols is 1. The van der Waals surface area contributed by atoms with Gasteiger partial charge in [0.15, 0.2) is 0 Å². The lowest BCUT2D eigenvalue weighted by Gasteiger charge is -2.10. The summed E-state index contributed by atoms with van der Waals surface area (Å²) in [7, 11) is 0. The summed E-state index contributed by atoms with van der Waals surface area (Å²) in [6.07, 6.45) is 1.62. The van der Waals surface area contributed by atoms with Gasteiger partial charge in [0.1, 0.15) is 5.75 Å². The topological polar surface area (TPSA) is 73.7 Å². The molecular weight excluding hydrogens is 457 g/mol. The summed E-state index contributed by atoms with van der Waals surface area (Å²) in [6, 6.07) is 24.1. The molecule has 0 atom stereocenters. The Labute approximate surface area is 201 Å². The van der Waals surface area contributed by atoms with Crippen LogP contribution in [0.5, 0.6) is 5.75 Å². The van der Waals surface area contributed by atoms with E-state index in [1.807, 2.05) is 48.5 Å². The lowest BCUT2D eigenvalue weighted by Crippen LogP contribution is -2.17. The standard InChI is InChI=1S/C26H21Cl2N3O2/c27-21-10-7-17(8-11-21)14-29-15-19-3-1-6-23-20(4-2-5-22(19)23)16-30-31-26(33)18-9-12-25(32)24(28)13-18/h1-13,16,29,32H,14-15H2,(H,31,33)/b30-16+. The number of phenolic OH excluding ortho intramolecular Hbond substituents is 1. The van der Waals surface area contributed by atoms with Gasteiger partial charge in [0.05, 0.1) is 11.2 Å². The van der Waals surface area contributed by atoms with E-state index in [9.17, 15) is 9.90 Å². The number of carbonyl (C=O) groups is 1. The fourth-order valence-corrected chi connectivity index (χ4v) is 3.79. The van der Waals surface area contributed by atoms with Gasteiger partial charge in [-0.1, -0.05) is 71.7 Å². The highest BCUT2D eigenvalue weighted by Crippen LogP contribution is 2.24. The van der Waals surface area contributed by atoms with E-state index >= 15 is 0 Å². The van der Waals surface area contributed by atoms with Crippen LogP contribution in [-0.4, -0.2) is 17.2 Å². The van der Waals surface area contributed by atoms with Gasteiger partial charge in [0.25, 0.3) is 5.91 Å².